The van der Waals surface area contributed by atoms with Crippen molar-refractivity contribution in [2.24, 2.45) is 0 Å². The number of phosphoric ester groups is 1. The van der Waals surface area contributed by atoms with Gasteiger partial charge in [0.25, 0.3) is 5.56 Å². The zero-order valence-electron chi connectivity index (χ0n) is 13.3. The first kappa shape index (κ1) is 19.3. The number of hydrogen-bond donors (Lipinski definition) is 6. The minimum absolute atomic E-state index is 0.106. The van der Waals surface area contributed by atoms with E-state index in [4.69, 9.17) is 14.5 Å². The Balaban J connectivity index is 1.83. The molecule has 144 valence electrons. The Labute approximate surface area is 152 Å². The van der Waals surface area contributed by atoms with Gasteiger partial charge in [0, 0.05) is 18.7 Å². The van der Waals surface area contributed by atoms with Crippen molar-refractivity contribution in [3.8, 4) is 0 Å². The number of thiol groups is 1. The lowest BCUT2D eigenvalue weighted by molar-refractivity contribution is -0.0424. The fourth-order valence-electron chi connectivity index (χ4n) is 2.60. The van der Waals surface area contributed by atoms with Gasteiger partial charge in [-0.05, 0) is 0 Å². The number of imidazole rings is 1. The van der Waals surface area contributed by atoms with Crippen LogP contribution in [0.15, 0.2) is 11.1 Å². The van der Waals surface area contributed by atoms with Crippen molar-refractivity contribution in [3.05, 3.63) is 16.7 Å². The lowest BCUT2D eigenvalue weighted by Gasteiger charge is -2.16. The van der Waals surface area contributed by atoms with Gasteiger partial charge < -0.3 is 24.9 Å². The molecule has 2 aromatic heterocycles. The molecule has 0 spiro atoms. The molecule has 0 bridgehead atoms. The van der Waals surface area contributed by atoms with Gasteiger partial charge in [-0.1, -0.05) is 0 Å². The Bertz CT molecular complexity index is 882. The highest BCUT2D eigenvalue weighted by Crippen LogP contribution is 2.38. The van der Waals surface area contributed by atoms with Crippen molar-refractivity contribution in [2.45, 2.75) is 24.9 Å². The minimum Gasteiger partial charge on any atom is -0.390 e. The third kappa shape index (κ3) is 4.26. The van der Waals surface area contributed by atoms with Gasteiger partial charge in [0.15, 0.2) is 11.2 Å². The number of aromatic amines is 1. The molecule has 1 saturated heterocycles. The molecular weight excluding hydrogens is 389 g/mol. The van der Waals surface area contributed by atoms with E-state index in [0.29, 0.717) is 12.3 Å². The molecule has 5 N–H and O–H groups in total. The number of aliphatic hydroxyl groups excluding tert-OH is 1. The third-order valence-corrected chi connectivity index (χ3v) is 4.47. The Morgan fingerprint density at radius 2 is 2.31 bits per heavy atom. The summed E-state index contributed by atoms with van der Waals surface area (Å²) in [5.74, 6) is 0.790. The average molecular weight is 407 g/mol. The van der Waals surface area contributed by atoms with E-state index in [1.54, 1.807) is 0 Å². The minimum atomic E-state index is -4.67. The molecular formula is C12H18N5O7PS. The van der Waals surface area contributed by atoms with Crippen molar-refractivity contribution in [1.82, 2.24) is 19.5 Å². The zero-order chi connectivity index (χ0) is 18.9. The first-order valence-electron chi connectivity index (χ1n) is 7.63. The van der Waals surface area contributed by atoms with Crippen LogP contribution in [-0.4, -0.2) is 65.5 Å². The molecule has 0 saturated carbocycles. The number of H-pyrrole nitrogens is 1. The molecule has 3 atom stereocenters. The largest absolute Gasteiger partial charge is 0.469 e. The Hall–Kier alpha value is -1.47. The molecule has 14 heteroatoms. The molecule has 12 nitrogen and oxygen atoms in total. The van der Waals surface area contributed by atoms with Gasteiger partial charge in [-0.15, -0.1) is 0 Å². The van der Waals surface area contributed by atoms with Crippen LogP contribution in [-0.2, 0) is 13.8 Å². The van der Waals surface area contributed by atoms with Gasteiger partial charge in [-0.3, -0.25) is 18.9 Å². The lowest BCUT2D eigenvalue weighted by Crippen LogP contribution is -2.25. The molecule has 0 aromatic carbocycles. The van der Waals surface area contributed by atoms with E-state index in [2.05, 4.69) is 37.4 Å². The number of nitrogens with zero attached hydrogens (tertiary/aromatic N) is 3. The fraction of sp³-hybridized carbons (Fsp3) is 0.583. The standard InChI is InChI=1S/C12H18N5O7PS/c18-6-3-8(24-7(6)4-23-25(20,21)22)17-5-14-9-10(17)15-12(13-1-2-26)16-11(9)19/h5-8,18,26H,1-4H2,(H2,20,21,22)(H2,13,15,16,19)/t6-,7+,8+/m0/s1. The van der Waals surface area contributed by atoms with Crippen LogP contribution in [0.2, 0.25) is 0 Å². The van der Waals surface area contributed by atoms with Crippen LogP contribution < -0.4 is 10.9 Å². The van der Waals surface area contributed by atoms with Crippen molar-refractivity contribution in [1.29, 1.82) is 0 Å². The van der Waals surface area contributed by atoms with E-state index in [1.165, 1.54) is 10.9 Å². The quantitative estimate of drug-likeness (QED) is 0.253. The number of hydrogen-bond acceptors (Lipinski definition) is 9. The fourth-order valence-corrected chi connectivity index (χ4v) is 3.05. The maximum Gasteiger partial charge on any atom is 0.469 e. The third-order valence-electron chi connectivity index (χ3n) is 3.76. The Morgan fingerprint density at radius 3 is 3.00 bits per heavy atom. The maximum atomic E-state index is 12.1. The van der Waals surface area contributed by atoms with Crippen LogP contribution >= 0.6 is 20.5 Å². The van der Waals surface area contributed by atoms with E-state index >= 15 is 0 Å². The number of phosphoric acid groups is 1. The van der Waals surface area contributed by atoms with Gasteiger partial charge in [0.05, 0.1) is 19.0 Å². The van der Waals surface area contributed by atoms with E-state index < -0.39 is 38.4 Å². The molecule has 1 aliphatic heterocycles. The second-order valence-electron chi connectivity index (χ2n) is 5.61. The maximum absolute atomic E-state index is 12.1. The molecule has 3 heterocycles. The number of fused-ring (bicyclic) bond motifs is 1. The summed E-state index contributed by atoms with van der Waals surface area (Å²) in [5, 5.41) is 13.0. The van der Waals surface area contributed by atoms with Crippen molar-refractivity contribution in [3.63, 3.8) is 0 Å². The summed E-state index contributed by atoms with van der Waals surface area (Å²) in [6.07, 6.45) is -1.18. The highest BCUT2D eigenvalue weighted by atomic mass is 32.1. The SMILES string of the molecule is O=c1[nH]c(NCCS)nc2c1ncn2[C@H]1C[C@H](O)[C@@H](COP(=O)(O)O)O1. The Kier molecular flexibility index (Phi) is 5.67. The predicted molar refractivity (Wildman–Crippen MR) is 93.0 cm³/mol. The average Bonchev–Trinajstić information content (AvgIpc) is 3.14. The topological polar surface area (TPSA) is 172 Å². The van der Waals surface area contributed by atoms with Gasteiger partial charge in [0.1, 0.15) is 12.3 Å². The summed E-state index contributed by atoms with van der Waals surface area (Å²) in [6.45, 7) is 0.0173. The molecule has 0 aliphatic carbocycles. The highest BCUT2D eigenvalue weighted by Gasteiger charge is 2.37. The highest BCUT2D eigenvalue weighted by molar-refractivity contribution is 7.80. The summed E-state index contributed by atoms with van der Waals surface area (Å²) in [7, 11) is -4.67. The van der Waals surface area contributed by atoms with Crippen LogP contribution in [0.1, 0.15) is 12.6 Å². The normalized spacial score (nSPS) is 23.6. The molecule has 2 aromatic rings. The van der Waals surface area contributed by atoms with Crippen molar-refractivity contribution in [2.75, 3.05) is 24.2 Å². The summed E-state index contributed by atoms with van der Waals surface area (Å²) in [4.78, 5) is 40.5. The molecule has 1 fully saturated rings. The van der Waals surface area contributed by atoms with Gasteiger partial charge in [-0.25, -0.2) is 9.55 Å². The summed E-state index contributed by atoms with van der Waals surface area (Å²) in [5.41, 5.74) is -0.0751. The second-order valence-corrected chi connectivity index (χ2v) is 7.29. The van der Waals surface area contributed by atoms with E-state index in [0.717, 1.165) is 0 Å². The lowest BCUT2D eigenvalue weighted by atomic mass is 10.2. The molecule has 0 unspecified atom stereocenters. The summed E-state index contributed by atoms with van der Waals surface area (Å²) in [6, 6.07) is 0. The van der Waals surface area contributed by atoms with E-state index in [9.17, 15) is 14.5 Å². The monoisotopic (exact) mass is 407 g/mol. The summed E-state index contributed by atoms with van der Waals surface area (Å²) >= 11 is 4.07. The number of ether oxygens (including phenoxy) is 1. The van der Waals surface area contributed by atoms with Gasteiger partial charge >= 0.3 is 7.82 Å². The first-order valence-corrected chi connectivity index (χ1v) is 9.80. The molecule has 26 heavy (non-hydrogen) atoms. The van der Waals surface area contributed by atoms with Gasteiger partial charge in [-0.2, -0.15) is 17.6 Å². The second kappa shape index (κ2) is 7.64. The number of nitrogens with one attached hydrogen (secondary N) is 2. The van der Waals surface area contributed by atoms with E-state index in [1.807, 2.05) is 0 Å². The van der Waals surface area contributed by atoms with Crippen LogP contribution in [0.5, 0.6) is 0 Å². The van der Waals surface area contributed by atoms with Crippen LogP contribution in [0, 0.1) is 0 Å². The van der Waals surface area contributed by atoms with Crippen molar-refractivity contribution < 1.29 is 28.7 Å². The summed E-state index contributed by atoms with van der Waals surface area (Å²) < 4.78 is 22.3. The molecule has 3 rings (SSSR count). The van der Waals surface area contributed by atoms with E-state index in [-0.39, 0.29) is 23.5 Å². The molecule has 0 amide bonds. The number of aromatic nitrogens is 4. The number of aliphatic hydroxyl groups is 1. The van der Waals surface area contributed by atoms with Crippen LogP contribution in [0.25, 0.3) is 11.2 Å². The smallest absolute Gasteiger partial charge is 0.390 e. The van der Waals surface area contributed by atoms with Crippen molar-refractivity contribution >= 4 is 37.6 Å². The van der Waals surface area contributed by atoms with Gasteiger partial charge in [0.2, 0.25) is 5.95 Å². The first-order chi connectivity index (χ1) is 12.3. The molecule has 1 aliphatic rings. The molecule has 0 radical (unpaired) electrons. The van der Waals surface area contributed by atoms with Crippen LogP contribution in [0.4, 0.5) is 5.95 Å². The van der Waals surface area contributed by atoms with Crippen LogP contribution in [0.3, 0.4) is 0 Å². The predicted octanol–water partition coefficient (Wildman–Crippen LogP) is -0.781. The Morgan fingerprint density at radius 1 is 1.54 bits per heavy atom. The number of anilines is 1. The number of rotatable bonds is 7. The zero-order valence-corrected chi connectivity index (χ0v) is 15.1.